The standard InChI is InChI=1S/C11H18N2O3/c1-15-11(14)8-13(5-2-4-12)7-10-3-6-16-9-10/h10H,2-3,5-9H2,1H3. The molecule has 1 unspecified atom stereocenters. The molecular weight excluding hydrogens is 208 g/mol. The van der Waals surface area contributed by atoms with Gasteiger partial charge in [-0.15, -0.1) is 0 Å². The van der Waals surface area contributed by atoms with Crippen molar-refractivity contribution >= 4 is 5.97 Å². The van der Waals surface area contributed by atoms with E-state index in [1.807, 2.05) is 4.90 Å². The van der Waals surface area contributed by atoms with Crippen molar-refractivity contribution in [2.45, 2.75) is 12.8 Å². The number of nitriles is 1. The molecule has 1 aliphatic heterocycles. The Morgan fingerprint density at radius 3 is 3.06 bits per heavy atom. The lowest BCUT2D eigenvalue weighted by Gasteiger charge is -2.22. The number of nitrogens with zero attached hydrogens (tertiary/aromatic N) is 2. The Kier molecular flexibility index (Phi) is 5.83. The summed E-state index contributed by atoms with van der Waals surface area (Å²) in [5.74, 6) is 0.222. The molecule has 0 spiro atoms. The minimum atomic E-state index is -0.253. The molecule has 0 aliphatic carbocycles. The molecule has 1 atom stereocenters. The van der Waals surface area contributed by atoms with Gasteiger partial charge >= 0.3 is 5.97 Å². The minimum absolute atomic E-state index is 0.253. The van der Waals surface area contributed by atoms with Crippen LogP contribution in [0.3, 0.4) is 0 Å². The Labute approximate surface area is 95.9 Å². The summed E-state index contributed by atoms with van der Waals surface area (Å²) in [6.07, 6.45) is 1.47. The molecule has 0 saturated carbocycles. The minimum Gasteiger partial charge on any atom is -0.468 e. The zero-order valence-corrected chi connectivity index (χ0v) is 9.65. The molecule has 1 saturated heterocycles. The summed E-state index contributed by atoms with van der Waals surface area (Å²) in [6.45, 7) is 3.23. The number of carbonyl (C=O) groups is 1. The van der Waals surface area contributed by atoms with Crippen molar-refractivity contribution in [1.29, 1.82) is 5.26 Å². The third kappa shape index (κ3) is 4.60. The largest absolute Gasteiger partial charge is 0.468 e. The van der Waals surface area contributed by atoms with Crippen molar-refractivity contribution in [2.75, 3.05) is 40.0 Å². The topological polar surface area (TPSA) is 62.6 Å². The average molecular weight is 226 g/mol. The van der Waals surface area contributed by atoms with Crippen LogP contribution in [0.1, 0.15) is 12.8 Å². The monoisotopic (exact) mass is 226 g/mol. The summed E-state index contributed by atoms with van der Waals surface area (Å²) < 4.78 is 9.92. The second-order valence-corrected chi connectivity index (χ2v) is 3.95. The molecule has 16 heavy (non-hydrogen) atoms. The highest BCUT2D eigenvalue weighted by molar-refractivity contribution is 5.71. The first-order chi connectivity index (χ1) is 7.76. The van der Waals surface area contributed by atoms with Gasteiger partial charge in [0.25, 0.3) is 0 Å². The van der Waals surface area contributed by atoms with E-state index >= 15 is 0 Å². The first kappa shape index (κ1) is 12.9. The van der Waals surface area contributed by atoms with Crippen molar-refractivity contribution in [2.24, 2.45) is 5.92 Å². The number of esters is 1. The van der Waals surface area contributed by atoms with Gasteiger partial charge in [-0.2, -0.15) is 5.26 Å². The molecule has 0 N–H and O–H groups in total. The third-order valence-corrected chi connectivity index (χ3v) is 2.66. The molecule has 5 heteroatoms. The fraction of sp³-hybridized carbons (Fsp3) is 0.818. The quantitative estimate of drug-likeness (QED) is 0.614. The van der Waals surface area contributed by atoms with Gasteiger partial charge in [-0.1, -0.05) is 0 Å². The molecule has 0 radical (unpaired) electrons. The van der Waals surface area contributed by atoms with Gasteiger partial charge < -0.3 is 9.47 Å². The van der Waals surface area contributed by atoms with Crippen LogP contribution in [-0.4, -0.2) is 50.8 Å². The number of rotatable bonds is 6. The predicted molar refractivity (Wildman–Crippen MR) is 57.6 cm³/mol. The average Bonchev–Trinajstić information content (AvgIpc) is 2.78. The number of carbonyl (C=O) groups excluding carboxylic acids is 1. The summed E-state index contributed by atoms with van der Waals surface area (Å²) in [6, 6.07) is 2.09. The van der Waals surface area contributed by atoms with Crippen LogP contribution in [0.5, 0.6) is 0 Å². The van der Waals surface area contributed by atoms with Crippen molar-refractivity contribution in [3.05, 3.63) is 0 Å². The van der Waals surface area contributed by atoms with E-state index in [0.717, 1.165) is 26.2 Å². The van der Waals surface area contributed by atoms with Crippen molar-refractivity contribution in [1.82, 2.24) is 4.90 Å². The normalized spacial score (nSPS) is 19.7. The first-order valence-electron chi connectivity index (χ1n) is 5.50. The molecule has 90 valence electrons. The lowest BCUT2D eigenvalue weighted by atomic mass is 10.1. The first-order valence-corrected chi connectivity index (χ1v) is 5.50. The van der Waals surface area contributed by atoms with Crippen LogP contribution in [0.15, 0.2) is 0 Å². The van der Waals surface area contributed by atoms with Crippen LogP contribution in [0.25, 0.3) is 0 Å². The summed E-state index contributed by atoms with van der Waals surface area (Å²) in [4.78, 5) is 13.1. The van der Waals surface area contributed by atoms with E-state index in [-0.39, 0.29) is 12.5 Å². The summed E-state index contributed by atoms with van der Waals surface area (Å²) in [7, 11) is 1.38. The number of ether oxygens (including phenoxy) is 2. The maximum atomic E-state index is 11.2. The van der Waals surface area contributed by atoms with Gasteiger partial charge in [0.1, 0.15) is 0 Å². The molecule has 0 aromatic rings. The molecule has 5 nitrogen and oxygen atoms in total. The molecule has 0 amide bonds. The van der Waals surface area contributed by atoms with Gasteiger partial charge in [-0.25, -0.2) is 0 Å². The molecular formula is C11H18N2O3. The number of methoxy groups -OCH3 is 1. The Morgan fingerprint density at radius 2 is 2.50 bits per heavy atom. The van der Waals surface area contributed by atoms with E-state index < -0.39 is 0 Å². The smallest absolute Gasteiger partial charge is 0.319 e. The van der Waals surface area contributed by atoms with E-state index in [1.54, 1.807) is 0 Å². The SMILES string of the molecule is COC(=O)CN(CCC#N)CC1CCOC1. The molecule has 0 aromatic carbocycles. The Balaban J connectivity index is 2.36. The van der Waals surface area contributed by atoms with Crippen molar-refractivity contribution < 1.29 is 14.3 Å². The van der Waals surface area contributed by atoms with Gasteiger partial charge in [0.15, 0.2) is 0 Å². The van der Waals surface area contributed by atoms with Crippen LogP contribution < -0.4 is 0 Å². The van der Waals surface area contributed by atoms with Crippen LogP contribution in [0, 0.1) is 17.2 Å². The Morgan fingerprint density at radius 1 is 1.69 bits per heavy atom. The zero-order valence-electron chi connectivity index (χ0n) is 9.65. The van der Waals surface area contributed by atoms with Crippen molar-refractivity contribution in [3.8, 4) is 6.07 Å². The summed E-state index contributed by atoms with van der Waals surface area (Å²) >= 11 is 0. The molecule has 0 aromatic heterocycles. The predicted octanol–water partition coefficient (Wildman–Crippen LogP) is 0.412. The fourth-order valence-electron chi connectivity index (χ4n) is 1.78. The van der Waals surface area contributed by atoms with Crippen LogP contribution >= 0.6 is 0 Å². The van der Waals surface area contributed by atoms with Gasteiger partial charge in [-0.05, 0) is 12.3 Å². The van der Waals surface area contributed by atoms with E-state index in [9.17, 15) is 4.79 Å². The van der Waals surface area contributed by atoms with Gasteiger partial charge in [0, 0.05) is 26.1 Å². The van der Waals surface area contributed by atoms with E-state index in [2.05, 4.69) is 10.8 Å². The van der Waals surface area contributed by atoms with Crippen LogP contribution in [0.2, 0.25) is 0 Å². The van der Waals surface area contributed by atoms with Crippen LogP contribution in [-0.2, 0) is 14.3 Å². The van der Waals surface area contributed by atoms with Gasteiger partial charge in [-0.3, -0.25) is 9.69 Å². The number of hydrogen-bond acceptors (Lipinski definition) is 5. The maximum Gasteiger partial charge on any atom is 0.319 e. The van der Waals surface area contributed by atoms with E-state index in [0.29, 0.717) is 18.9 Å². The molecule has 1 rings (SSSR count). The lowest BCUT2D eigenvalue weighted by molar-refractivity contribution is -0.142. The summed E-state index contributed by atoms with van der Waals surface area (Å²) in [5, 5.41) is 8.55. The third-order valence-electron chi connectivity index (χ3n) is 2.66. The maximum absolute atomic E-state index is 11.2. The van der Waals surface area contributed by atoms with Crippen molar-refractivity contribution in [3.63, 3.8) is 0 Å². The zero-order chi connectivity index (χ0) is 11.8. The number of hydrogen-bond donors (Lipinski definition) is 0. The molecule has 1 heterocycles. The highest BCUT2D eigenvalue weighted by Crippen LogP contribution is 2.14. The summed E-state index contributed by atoms with van der Waals surface area (Å²) in [5.41, 5.74) is 0. The Hall–Kier alpha value is -1.12. The molecule has 1 fully saturated rings. The van der Waals surface area contributed by atoms with Gasteiger partial charge in [0.2, 0.25) is 0 Å². The highest BCUT2D eigenvalue weighted by atomic mass is 16.5. The van der Waals surface area contributed by atoms with Crippen LogP contribution in [0.4, 0.5) is 0 Å². The second-order valence-electron chi connectivity index (χ2n) is 3.95. The Bertz CT molecular complexity index is 256. The molecule has 1 aliphatic rings. The van der Waals surface area contributed by atoms with Gasteiger partial charge in [0.05, 0.1) is 26.3 Å². The second kappa shape index (κ2) is 7.20. The van der Waals surface area contributed by atoms with E-state index in [4.69, 9.17) is 10.00 Å². The van der Waals surface area contributed by atoms with E-state index in [1.165, 1.54) is 7.11 Å². The lowest BCUT2D eigenvalue weighted by Crippen LogP contribution is -2.35. The molecule has 0 bridgehead atoms. The highest BCUT2D eigenvalue weighted by Gasteiger charge is 2.20. The fourth-order valence-corrected chi connectivity index (χ4v) is 1.78.